The fraction of sp³-hybridized carbons (Fsp3) is 0.500. The molecule has 1 aliphatic carbocycles. The van der Waals surface area contributed by atoms with E-state index in [1.807, 2.05) is 0 Å². The zero-order valence-corrected chi connectivity index (χ0v) is 14.2. The molecule has 7 nitrogen and oxygen atoms in total. The summed E-state index contributed by atoms with van der Waals surface area (Å²) in [5.41, 5.74) is 6.79. The van der Waals surface area contributed by atoms with Gasteiger partial charge >= 0.3 is 0 Å². The minimum absolute atomic E-state index is 0.143. The standard InChI is InChI=1S/C16H19N3O4S/c1-8-2-3-9-10(6-8)24-16(14(9)15(17)23)18-11(20)7-19-12(21)4-5-13(19)22/h8H,2-7H2,1H3,(H2,17,23)(H,18,20). The van der Waals surface area contributed by atoms with E-state index in [0.717, 1.165) is 34.6 Å². The topological polar surface area (TPSA) is 110 Å². The lowest BCUT2D eigenvalue weighted by molar-refractivity contribution is -0.141. The van der Waals surface area contributed by atoms with Crippen LogP contribution in [-0.2, 0) is 27.2 Å². The summed E-state index contributed by atoms with van der Waals surface area (Å²) < 4.78 is 0. The van der Waals surface area contributed by atoms with Crippen LogP contribution in [0.4, 0.5) is 5.00 Å². The molecule has 24 heavy (non-hydrogen) atoms. The SMILES string of the molecule is CC1CCc2c(sc(NC(=O)CN3C(=O)CCC3=O)c2C(N)=O)C1. The lowest BCUT2D eigenvalue weighted by Crippen LogP contribution is -2.37. The smallest absolute Gasteiger partial charge is 0.251 e. The van der Waals surface area contributed by atoms with Gasteiger partial charge in [-0.1, -0.05) is 6.92 Å². The number of carbonyl (C=O) groups is 4. The lowest BCUT2D eigenvalue weighted by Gasteiger charge is -2.18. The van der Waals surface area contributed by atoms with Gasteiger partial charge in [0.25, 0.3) is 5.91 Å². The van der Waals surface area contributed by atoms with Gasteiger partial charge in [0, 0.05) is 17.7 Å². The number of primary amides is 1. The van der Waals surface area contributed by atoms with Crippen LogP contribution >= 0.6 is 11.3 Å². The molecule has 4 amide bonds. The van der Waals surface area contributed by atoms with Crippen LogP contribution in [0.25, 0.3) is 0 Å². The molecule has 3 N–H and O–H groups in total. The van der Waals surface area contributed by atoms with Crippen LogP contribution in [0.3, 0.4) is 0 Å². The van der Waals surface area contributed by atoms with Gasteiger partial charge in [-0.3, -0.25) is 24.1 Å². The number of thiophene rings is 1. The highest BCUT2D eigenvalue weighted by Crippen LogP contribution is 2.39. The molecule has 1 aliphatic heterocycles. The molecule has 0 bridgehead atoms. The van der Waals surface area contributed by atoms with Gasteiger partial charge in [0.2, 0.25) is 17.7 Å². The van der Waals surface area contributed by atoms with Crippen molar-refractivity contribution in [3.05, 3.63) is 16.0 Å². The average molecular weight is 349 g/mol. The summed E-state index contributed by atoms with van der Waals surface area (Å²) in [7, 11) is 0. The highest BCUT2D eigenvalue weighted by atomic mass is 32.1. The first-order chi connectivity index (χ1) is 11.4. The van der Waals surface area contributed by atoms with E-state index in [2.05, 4.69) is 12.2 Å². The minimum atomic E-state index is -0.564. The Morgan fingerprint density at radius 3 is 2.54 bits per heavy atom. The minimum Gasteiger partial charge on any atom is -0.365 e. The summed E-state index contributed by atoms with van der Waals surface area (Å²) in [4.78, 5) is 49.3. The summed E-state index contributed by atoms with van der Waals surface area (Å²) >= 11 is 1.36. The number of hydrogen-bond acceptors (Lipinski definition) is 5. The normalized spacial score (nSPS) is 20.2. The number of likely N-dealkylation sites (tertiary alicyclic amines) is 1. The van der Waals surface area contributed by atoms with Gasteiger partial charge in [0.05, 0.1) is 5.56 Å². The largest absolute Gasteiger partial charge is 0.365 e. The predicted octanol–water partition coefficient (Wildman–Crippen LogP) is 1.06. The van der Waals surface area contributed by atoms with Crippen molar-refractivity contribution in [1.29, 1.82) is 0 Å². The van der Waals surface area contributed by atoms with Crippen LogP contribution in [-0.4, -0.2) is 35.1 Å². The van der Waals surface area contributed by atoms with E-state index in [0.29, 0.717) is 16.5 Å². The Bertz CT molecular complexity index is 724. The van der Waals surface area contributed by atoms with Crippen LogP contribution in [0.15, 0.2) is 0 Å². The van der Waals surface area contributed by atoms with Gasteiger partial charge in [-0.2, -0.15) is 0 Å². The van der Waals surface area contributed by atoms with Gasteiger partial charge in [-0.05, 0) is 30.7 Å². The van der Waals surface area contributed by atoms with Gasteiger partial charge in [-0.15, -0.1) is 11.3 Å². The van der Waals surface area contributed by atoms with E-state index in [1.54, 1.807) is 0 Å². The quantitative estimate of drug-likeness (QED) is 0.792. The fourth-order valence-electron chi connectivity index (χ4n) is 3.21. The third-order valence-corrected chi connectivity index (χ3v) is 5.64. The molecule has 0 spiro atoms. The Morgan fingerprint density at radius 1 is 1.25 bits per heavy atom. The first-order valence-corrected chi connectivity index (χ1v) is 8.75. The molecule has 1 atom stereocenters. The fourth-order valence-corrected chi connectivity index (χ4v) is 4.64. The summed E-state index contributed by atoms with van der Waals surface area (Å²) in [6.07, 6.45) is 2.89. The molecular weight excluding hydrogens is 330 g/mol. The van der Waals surface area contributed by atoms with E-state index in [9.17, 15) is 19.2 Å². The van der Waals surface area contributed by atoms with E-state index in [1.165, 1.54) is 11.3 Å². The molecule has 0 radical (unpaired) electrons. The molecule has 1 aromatic rings. The second-order valence-corrected chi connectivity index (χ2v) is 7.45. The summed E-state index contributed by atoms with van der Waals surface area (Å²) in [5, 5.41) is 3.09. The number of anilines is 1. The Morgan fingerprint density at radius 2 is 1.92 bits per heavy atom. The average Bonchev–Trinajstić information content (AvgIpc) is 3.00. The maximum Gasteiger partial charge on any atom is 0.251 e. The van der Waals surface area contributed by atoms with Crippen LogP contribution in [0.2, 0.25) is 0 Å². The monoisotopic (exact) mass is 349 g/mol. The van der Waals surface area contributed by atoms with Gasteiger partial charge in [0.1, 0.15) is 11.5 Å². The lowest BCUT2D eigenvalue weighted by atomic mass is 9.88. The molecule has 2 aliphatic rings. The number of rotatable bonds is 4. The second kappa shape index (κ2) is 6.35. The molecule has 1 aromatic heterocycles. The number of fused-ring (bicyclic) bond motifs is 1. The van der Waals surface area contributed by atoms with Crippen molar-refractivity contribution in [2.75, 3.05) is 11.9 Å². The second-order valence-electron chi connectivity index (χ2n) is 6.34. The molecule has 1 unspecified atom stereocenters. The number of carbonyl (C=O) groups excluding carboxylic acids is 4. The van der Waals surface area contributed by atoms with Crippen molar-refractivity contribution in [1.82, 2.24) is 4.90 Å². The molecule has 3 rings (SSSR count). The molecule has 8 heteroatoms. The van der Waals surface area contributed by atoms with Crippen molar-refractivity contribution >= 4 is 40.0 Å². The first kappa shape index (κ1) is 16.6. The molecule has 128 valence electrons. The molecular formula is C16H19N3O4S. The molecule has 0 aromatic carbocycles. The molecule has 1 fully saturated rings. The summed E-state index contributed by atoms with van der Waals surface area (Å²) in [6, 6.07) is 0. The van der Waals surface area contributed by atoms with Gasteiger partial charge in [0.15, 0.2) is 0 Å². The van der Waals surface area contributed by atoms with Crippen molar-refractivity contribution < 1.29 is 19.2 Å². The zero-order valence-electron chi connectivity index (χ0n) is 13.4. The number of nitrogens with zero attached hydrogens (tertiary/aromatic N) is 1. The summed E-state index contributed by atoms with van der Waals surface area (Å²) in [6.45, 7) is 1.82. The Hall–Kier alpha value is -2.22. The van der Waals surface area contributed by atoms with Gasteiger partial charge in [-0.25, -0.2) is 0 Å². The number of imide groups is 1. The van der Waals surface area contributed by atoms with E-state index < -0.39 is 11.8 Å². The van der Waals surface area contributed by atoms with E-state index >= 15 is 0 Å². The summed E-state index contributed by atoms with van der Waals surface area (Å²) in [5.74, 6) is -1.21. The van der Waals surface area contributed by atoms with Gasteiger partial charge < -0.3 is 11.1 Å². The third-order valence-electron chi connectivity index (χ3n) is 4.47. The number of nitrogens with two attached hydrogens (primary N) is 1. The highest BCUT2D eigenvalue weighted by Gasteiger charge is 2.32. The third kappa shape index (κ3) is 3.06. The molecule has 0 saturated carbocycles. The molecule has 1 saturated heterocycles. The Kier molecular flexibility index (Phi) is 4.40. The zero-order chi connectivity index (χ0) is 17.4. The highest BCUT2D eigenvalue weighted by molar-refractivity contribution is 7.17. The molecule has 2 heterocycles. The van der Waals surface area contributed by atoms with Crippen LogP contribution in [0, 0.1) is 5.92 Å². The van der Waals surface area contributed by atoms with Crippen LogP contribution in [0.1, 0.15) is 47.0 Å². The van der Waals surface area contributed by atoms with Crippen molar-refractivity contribution in [2.24, 2.45) is 11.7 Å². The Labute approximate surface area is 143 Å². The van der Waals surface area contributed by atoms with Crippen molar-refractivity contribution in [3.8, 4) is 0 Å². The van der Waals surface area contributed by atoms with Crippen LogP contribution < -0.4 is 11.1 Å². The van der Waals surface area contributed by atoms with Crippen molar-refractivity contribution in [2.45, 2.75) is 39.0 Å². The predicted molar refractivity (Wildman–Crippen MR) is 88.6 cm³/mol. The van der Waals surface area contributed by atoms with Crippen LogP contribution in [0.5, 0.6) is 0 Å². The number of nitrogens with one attached hydrogen (secondary N) is 1. The maximum absolute atomic E-state index is 12.2. The van der Waals surface area contributed by atoms with E-state index in [4.69, 9.17) is 5.73 Å². The maximum atomic E-state index is 12.2. The van der Waals surface area contributed by atoms with E-state index in [-0.39, 0.29) is 31.2 Å². The van der Waals surface area contributed by atoms with Crippen molar-refractivity contribution in [3.63, 3.8) is 0 Å². The first-order valence-electron chi connectivity index (χ1n) is 7.94. The number of hydrogen-bond donors (Lipinski definition) is 2. The number of amides is 4. The Balaban J connectivity index is 1.79.